The normalized spacial score (nSPS) is 27.6. The van der Waals surface area contributed by atoms with Crippen molar-refractivity contribution in [2.45, 2.75) is 36.8 Å². The summed E-state index contributed by atoms with van der Waals surface area (Å²) in [4.78, 5) is 4.48. The van der Waals surface area contributed by atoms with Gasteiger partial charge in [0.25, 0.3) is 0 Å². The highest BCUT2D eigenvalue weighted by Crippen LogP contribution is 2.34. The van der Waals surface area contributed by atoms with Crippen LogP contribution in [0, 0.1) is 0 Å². The molecule has 1 heterocycles. The summed E-state index contributed by atoms with van der Waals surface area (Å²) in [5.41, 5.74) is 0. The zero-order chi connectivity index (χ0) is 12.3. The van der Waals surface area contributed by atoms with Gasteiger partial charge in [-0.05, 0) is 28.4 Å². The van der Waals surface area contributed by atoms with Crippen LogP contribution >= 0.6 is 31.9 Å². The van der Waals surface area contributed by atoms with Crippen LogP contribution in [0.3, 0.4) is 0 Å². The second-order valence-electron chi connectivity index (χ2n) is 4.08. The summed E-state index contributed by atoms with van der Waals surface area (Å²) >= 11 is 6.97. The van der Waals surface area contributed by atoms with Gasteiger partial charge in [0.2, 0.25) is 0 Å². The van der Waals surface area contributed by atoms with Gasteiger partial charge in [0.05, 0.1) is 6.20 Å². The van der Waals surface area contributed by atoms with Gasteiger partial charge in [-0.2, -0.15) is 0 Å². The standard InChI is InChI=1S/C12H15Br2NO2/c1-2-3-16-12-10(14)5-11(12)17-9-4-8(13)6-15-7-9/h4,6-7,10-12H,2-3,5H2,1H3. The fourth-order valence-electron chi connectivity index (χ4n) is 1.74. The molecule has 0 aliphatic heterocycles. The molecular weight excluding hydrogens is 350 g/mol. The summed E-state index contributed by atoms with van der Waals surface area (Å²) < 4.78 is 12.5. The first-order valence-electron chi connectivity index (χ1n) is 5.73. The van der Waals surface area contributed by atoms with Crippen molar-refractivity contribution in [2.24, 2.45) is 0 Å². The Hall–Kier alpha value is -0.130. The van der Waals surface area contributed by atoms with Crippen LogP contribution in [0.1, 0.15) is 19.8 Å². The van der Waals surface area contributed by atoms with Crippen molar-refractivity contribution in [3.8, 4) is 5.75 Å². The minimum Gasteiger partial charge on any atom is -0.486 e. The molecule has 94 valence electrons. The molecule has 5 heteroatoms. The molecule has 0 bridgehead atoms. The van der Waals surface area contributed by atoms with E-state index < -0.39 is 0 Å². The van der Waals surface area contributed by atoms with Crippen LogP contribution < -0.4 is 4.74 Å². The van der Waals surface area contributed by atoms with Crippen molar-refractivity contribution >= 4 is 31.9 Å². The second-order valence-corrected chi connectivity index (χ2v) is 6.17. The monoisotopic (exact) mass is 363 g/mol. The molecule has 0 amide bonds. The number of rotatable bonds is 5. The summed E-state index contributed by atoms with van der Waals surface area (Å²) in [6.45, 7) is 2.89. The lowest BCUT2D eigenvalue weighted by Gasteiger charge is -2.40. The molecule has 1 aliphatic carbocycles. The van der Waals surface area contributed by atoms with Gasteiger partial charge in [-0.25, -0.2) is 0 Å². The topological polar surface area (TPSA) is 31.4 Å². The van der Waals surface area contributed by atoms with Gasteiger partial charge in [-0.15, -0.1) is 0 Å². The maximum absolute atomic E-state index is 5.86. The third-order valence-corrected chi connectivity index (χ3v) is 3.99. The number of nitrogens with zero attached hydrogens (tertiary/aromatic N) is 1. The minimum absolute atomic E-state index is 0.127. The van der Waals surface area contributed by atoms with E-state index in [-0.39, 0.29) is 12.2 Å². The minimum atomic E-state index is 0.127. The molecule has 1 saturated carbocycles. The summed E-state index contributed by atoms with van der Waals surface area (Å²) in [5, 5.41) is 0. The maximum atomic E-state index is 5.86. The van der Waals surface area contributed by atoms with Crippen LogP contribution in [0.25, 0.3) is 0 Å². The van der Waals surface area contributed by atoms with Gasteiger partial charge >= 0.3 is 0 Å². The summed E-state index contributed by atoms with van der Waals surface area (Å²) in [7, 11) is 0. The lowest BCUT2D eigenvalue weighted by atomic mass is 9.91. The Kier molecular flexibility index (Phi) is 4.82. The maximum Gasteiger partial charge on any atom is 0.139 e. The first-order valence-corrected chi connectivity index (χ1v) is 7.44. The van der Waals surface area contributed by atoms with Gasteiger partial charge in [0, 0.05) is 28.5 Å². The van der Waals surface area contributed by atoms with Crippen molar-refractivity contribution in [2.75, 3.05) is 6.61 Å². The summed E-state index contributed by atoms with van der Waals surface area (Å²) in [6, 6.07) is 1.92. The van der Waals surface area contributed by atoms with E-state index in [4.69, 9.17) is 9.47 Å². The molecule has 0 saturated heterocycles. The van der Waals surface area contributed by atoms with Crippen LogP contribution in [-0.2, 0) is 4.74 Å². The zero-order valence-electron chi connectivity index (χ0n) is 9.61. The smallest absolute Gasteiger partial charge is 0.139 e. The van der Waals surface area contributed by atoms with Crippen molar-refractivity contribution in [1.82, 2.24) is 4.98 Å². The second kappa shape index (κ2) is 6.16. The highest BCUT2D eigenvalue weighted by Gasteiger charge is 2.42. The number of alkyl halides is 1. The SMILES string of the molecule is CCCOC1C(Br)CC1Oc1cncc(Br)c1. The predicted molar refractivity (Wildman–Crippen MR) is 73.7 cm³/mol. The molecule has 3 nitrogen and oxygen atoms in total. The van der Waals surface area contributed by atoms with E-state index in [9.17, 15) is 0 Å². The van der Waals surface area contributed by atoms with E-state index in [1.807, 2.05) is 6.07 Å². The molecule has 0 radical (unpaired) electrons. The number of hydrogen-bond donors (Lipinski definition) is 0. The van der Waals surface area contributed by atoms with Gasteiger partial charge in [0.15, 0.2) is 0 Å². The predicted octanol–water partition coefficient (Wildman–Crippen LogP) is 3.55. The van der Waals surface area contributed by atoms with E-state index in [1.165, 1.54) is 0 Å². The van der Waals surface area contributed by atoms with Crippen LogP contribution in [0.5, 0.6) is 5.75 Å². The average molecular weight is 365 g/mol. The molecule has 0 aromatic carbocycles. The first kappa shape index (κ1) is 13.3. The van der Waals surface area contributed by atoms with Crippen molar-refractivity contribution in [3.63, 3.8) is 0 Å². The van der Waals surface area contributed by atoms with Gasteiger partial charge < -0.3 is 9.47 Å². The van der Waals surface area contributed by atoms with E-state index in [0.717, 1.165) is 29.7 Å². The van der Waals surface area contributed by atoms with Gasteiger partial charge in [-0.3, -0.25) is 4.98 Å². The molecule has 1 aliphatic rings. The summed E-state index contributed by atoms with van der Waals surface area (Å²) in [5.74, 6) is 0.786. The van der Waals surface area contributed by atoms with Crippen LogP contribution in [0.2, 0.25) is 0 Å². The Morgan fingerprint density at radius 2 is 2.29 bits per heavy atom. The quantitative estimate of drug-likeness (QED) is 0.748. The molecule has 0 spiro atoms. The molecule has 3 unspecified atom stereocenters. The first-order chi connectivity index (χ1) is 8.20. The Balaban J connectivity index is 1.91. The molecule has 3 atom stereocenters. The highest BCUT2D eigenvalue weighted by atomic mass is 79.9. The molecule has 1 aromatic heterocycles. The number of ether oxygens (including phenoxy) is 2. The van der Waals surface area contributed by atoms with Crippen molar-refractivity contribution < 1.29 is 9.47 Å². The Morgan fingerprint density at radius 1 is 1.47 bits per heavy atom. The number of hydrogen-bond acceptors (Lipinski definition) is 3. The van der Waals surface area contributed by atoms with Crippen LogP contribution in [0.15, 0.2) is 22.9 Å². The third-order valence-electron chi connectivity index (χ3n) is 2.66. The fourth-order valence-corrected chi connectivity index (χ4v) is 2.95. The number of halogens is 2. The molecule has 1 fully saturated rings. The van der Waals surface area contributed by atoms with Gasteiger partial charge in [-0.1, -0.05) is 22.9 Å². The third kappa shape index (κ3) is 3.42. The van der Waals surface area contributed by atoms with E-state index >= 15 is 0 Å². The van der Waals surface area contributed by atoms with E-state index in [0.29, 0.717) is 4.83 Å². The molecule has 2 rings (SSSR count). The number of pyridine rings is 1. The highest BCUT2D eigenvalue weighted by molar-refractivity contribution is 9.10. The van der Waals surface area contributed by atoms with Crippen molar-refractivity contribution in [1.29, 1.82) is 0 Å². The fraction of sp³-hybridized carbons (Fsp3) is 0.583. The number of aromatic nitrogens is 1. The van der Waals surface area contributed by atoms with Gasteiger partial charge in [0.1, 0.15) is 18.0 Å². The largest absolute Gasteiger partial charge is 0.486 e. The van der Waals surface area contributed by atoms with E-state index in [2.05, 4.69) is 43.8 Å². The van der Waals surface area contributed by atoms with Crippen LogP contribution in [0.4, 0.5) is 0 Å². The molecule has 0 N–H and O–H groups in total. The Labute approximate surface area is 118 Å². The molecule has 1 aromatic rings. The van der Waals surface area contributed by atoms with Crippen molar-refractivity contribution in [3.05, 3.63) is 22.9 Å². The molecular formula is C12H15Br2NO2. The average Bonchev–Trinajstić information content (AvgIpc) is 2.29. The lowest BCUT2D eigenvalue weighted by molar-refractivity contribution is -0.0763. The van der Waals surface area contributed by atoms with E-state index in [1.54, 1.807) is 12.4 Å². The Bertz CT molecular complexity index is 375. The van der Waals surface area contributed by atoms with Crippen LogP contribution in [-0.4, -0.2) is 28.6 Å². The summed E-state index contributed by atoms with van der Waals surface area (Å²) in [6.07, 6.45) is 5.74. The lowest BCUT2D eigenvalue weighted by Crippen LogP contribution is -2.52. The Morgan fingerprint density at radius 3 is 2.94 bits per heavy atom. The molecule has 17 heavy (non-hydrogen) atoms. The zero-order valence-corrected chi connectivity index (χ0v) is 12.8.